The average molecular weight is 173 g/mol. The lowest BCUT2D eigenvalue weighted by atomic mass is 10.5. The molecular weight excluding hydrogens is 163 g/mol. The minimum atomic E-state index is -0.899. The zero-order chi connectivity index (χ0) is 7.33. The lowest BCUT2D eigenvalue weighted by molar-refractivity contribution is 0.129. The van der Waals surface area contributed by atoms with E-state index < -0.39 is 4.33 Å². The summed E-state index contributed by atoms with van der Waals surface area (Å²) >= 11 is 11.3. The van der Waals surface area contributed by atoms with E-state index in [0.717, 1.165) is 0 Å². The molecule has 0 atom stereocenters. The van der Waals surface area contributed by atoms with Gasteiger partial charge in [0.1, 0.15) is 0 Å². The number of methoxy groups -OCH3 is 2. The molecule has 0 aromatic heterocycles. The Morgan fingerprint density at radius 1 is 1.11 bits per heavy atom. The van der Waals surface area contributed by atoms with Crippen LogP contribution in [-0.4, -0.2) is 31.8 Å². The van der Waals surface area contributed by atoms with Gasteiger partial charge in [0.25, 0.3) is 0 Å². The van der Waals surface area contributed by atoms with Crippen LogP contribution in [0.5, 0.6) is 0 Å². The van der Waals surface area contributed by atoms with Crippen molar-refractivity contribution in [3.05, 3.63) is 0 Å². The second-order valence-electron chi connectivity index (χ2n) is 1.72. The van der Waals surface area contributed by atoms with E-state index in [4.69, 9.17) is 32.7 Å². The number of rotatable bonds is 4. The maximum atomic E-state index is 5.65. The molecule has 56 valence electrons. The highest BCUT2D eigenvalue weighted by molar-refractivity contribution is 6.48. The van der Waals surface area contributed by atoms with Crippen LogP contribution < -0.4 is 0 Å². The standard InChI is InChI=1S/C5H10Cl2O2/c1-8-3-5(6,7)4-9-2/h3-4H2,1-2H3. The Morgan fingerprint density at radius 3 is 1.67 bits per heavy atom. The fourth-order valence-corrected chi connectivity index (χ4v) is 0.900. The van der Waals surface area contributed by atoms with E-state index in [1.165, 1.54) is 14.2 Å². The van der Waals surface area contributed by atoms with Gasteiger partial charge in [0.2, 0.25) is 0 Å². The Hall–Kier alpha value is 0.500. The molecule has 0 N–H and O–H groups in total. The van der Waals surface area contributed by atoms with Crippen LogP contribution in [0.25, 0.3) is 0 Å². The second-order valence-corrected chi connectivity index (χ2v) is 3.36. The number of halogens is 2. The molecule has 0 amide bonds. The maximum absolute atomic E-state index is 5.65. The van der Waals surface area contributed by atoms with Crippen molar-refractivity contribution in [3.63, 3.8) is 0 Å². The molecule has 0 radical (unpaired) electrons. The number of ether oxygens (including phenoxy) is 2. The molecule has 2 nitrogen and oxygen atoms in total. The molecule has 0 saturated carbocycles. The summed E-state index contributed by atoms with van der Waals surface area (Å²) in [5, 5.41) is 0. The number of hydrogen-bond acceptors (Lipinski definition) is 2. The highest BCUT2D eigenvalue weighted by atomic mass is 35.5. The van der Waals surface area contributed by atoms with Crippen LogP contribution in [-0.2, 0) is 9.47 Å². The summed E-state index contributed by atoms with van der Waals surface area (Å²) < 4.78 is 8.53. The summed E-state index contributed by atoms with van der Waals surface area (Å²) in [5.41, 5.74) is 0. The van der Waals surface area contributed by atoms with Crippen molar-refractivity contribution in [3.8, 4) is 0 Å². The molecule has 0 heterocycles. The van der Waals surface area contributed by atoms with Gasteiger partial charge in [-0.15, -0.1) is 0 Å². The third-order valence-electron chi connectivity index (χ3n) is 0.711. The molecule has 0 rings (SSSR count). The molecule has 0 aliphatic rings. The van der Waals surface area contributed by atoms with E-state index in [9.17, 15) is 0 Å². The molecule has 0 aliphatic heterocycles. The first-order chi connectivity index (χ1) is 4.12. The van der Waals surface area contributed by atoms with Gasteiger partial charge in [-0.2, -0.15) is 0 Å². The quantitative estimate of drug-likeness (QED) is 0.599. The third-order valence-corrected chi connectivity index (χ3v) is 1.15. The van der Waals surface area contributed by atoms with Crippen LogP contribution >= 0.6 is 23.2 Å². The lowest BCUT2D eigenvalue weighted by Crippen LogP contribution is -2.25. The molecule has 4 heteroatoms. The van der Waals surface area contributed by atoms with Crippen LogP contribution in [0.2, 0.25) is 0 Å². The molecule has 0 aromatic rings. The van der Waals surface area contributed by atoms with Crippen molar-refractivity contribution >= 4 is 23.2 Å². The number of alkyl halides is 2. The fraction of sp³-hybridized carbons (Fsp3) is 1.00. The van der Waals surface area contributed by atoms with Crippen molar-refractivity contribution < 1.29 is 9.47 Å². The van der Waals surface area contributed by atoms with Gasteiger partial charge in [-0.1, -0.05) is 23.2 Å². The third kappa shape index (κ3) is 4.97. The fourth-order valence-electron chi connectivity index (χ4n) is 0.464. The van der Waals surface area contributed by atoms with Gasteiger partial charge >= 0.3 is 0 Å². The molecule has 0 saturated heterocycles. The molecule has 0 aliphatic carbocycles. The van der Waals surface area contributed by atoms with Crippen molar-refractivity contribution in [2.45, 2.75) is 4.33 Å². The van der Waals surface area contributed by atoms with Crippen LogP contribution in [0, 0.1) is 0 Å². The second kappa shape index (κ2) is 4.34. The first kappa shape index (κ1) is 9.50. The zero-order valence-corrected chi connectivity index (χ0v) is 7.00. The molecule has 0 bridgehead atoms. The van der Waals surface area contributed by atoms with Gasteiger partial charge in [-0.05, 0) is 0 Å². The molecule has 9 heavy (non-hydrogen) atoms. The highest BCUT2D eigenvalue weighted by Crippen LogP contribution is 2.20. The molecule has 0 unspecified atom stereocenters. The Bertz CT molecular complexity index is 67.4. The van der Waals surface area contributed by atoms with Crippen LogP contribution in [0.1, 0.15) is 0 Å². The summed E-state index contributed by atoms with van der Waals surface area (Å²) in [6, 6.07) is 0. The van der Waals surface area contributed by atoms with Gasteiger partial charge in [-0.3, -0.25) is 0 Å². The Morgan fingerprint density at radius 2 is 1.44 bits per heavy atom. The Labute approximate surface area is 65.0 Å². The van der Waals surface area contributed by atoms with E-state index >= 15 is 0 Å². The van der Waals surface area contributed by atoms with E-state index in [1.54, 1.807) is 0 Å². The first-order valence-electron chi connectivity index (χ1n) is 2.48. The Balaban J connectivity index is 3.43. The Kier molecular flexibility index (Phi) is 4.58. The number of hydrogen-bond donors (Lipinski definition) is 0. The topological polar surface area (TPSA) is 18.5 Å². The summed E-state index contributed by atoms with van der Waals surface area (Å²) in [6.45, 7) is 0.563. The van der Waals surface area contributed by atoms with Gasteiger partial charge in [0.15, 0.2) is 4.33 Å². The maximum Gasteiger partial charge on any atom is 0.164 e. The molecule has 0 spiro atoms. The van der Waals surface area contributed by atoms with Crippen LogP contribution in [0.3, 0.4) is 0 Å². The zero-order valence-electron chi connectivity index (χ0n) is 5.49. The van der Waals surface area contributed by atoms with E-state index in [-0.39, 0.29) is 13.2 Å². The van der Waals surface area contributed by atoms with Crippen LogP contribution in [0.15, 0.2) is 0 Å². The van der Waals surface area contributed by atoms with Crippen LogP contribution in [0.4, 0.5) is 0 Å². The summed E-state index contributed by atoms with van der Waals surface area (Å²) in [5.74, 6) is 0. The van der Waals surface area contributed by atoms with Gasteiger partial charge in [0.05, 0.1) is 13.2 Å². The SMILES string of the molecule is COCC(Cl)(Cl)COC. The van der Waals surface area contributed by atoms with Gasteiger partial charge in [0, 0.05) is 14.2 Å². The van der Waals surface area contributed by atoms with E-state index in [2.05, 4.69) is 0 Å². The highest BCUT2D eigenvalue weighted by Gasteiger charge is 2.22. The van der Waals surface area contributed by atoms with Crippen molar-refractivity contribution in [1.29, 1.82) is 0 Å². The summed E-state index contributed by atoms with van der Waals surface area (Å²) in [4.78, 5) is 0. The largest absolute Gasteiger partial charge is 0.381 e. The predicted molar refractivity (Wildman–Crippen MR) is 38.2 cm³/mol. The van der Waals surface area contributed by atoms with Gasteiger partial charge < -0.3 is 9.47 Å². The first-order valence-corrected chi connectivity index (χ1v) is 3.23. The van der Waals surface area contributed by atoms with Gasteiger partial charge in [-0.25, -0.2) is 0 Å². The monoisotopic (exact) mass is 172 g/mol. The summed E-state index contributed by atoms with van der Waals surface area (Å²) in [7, 11) is 3.07. The van der Waals surface area contributed by atoms with Crippen molar-refractivity contribution in [2.75, 3.05) is 27.4 Å². The summed E-state index contributed by atoms with van der Waals surface area (Å²) in [6.07, 6.45) is 0. The predicted octanol–water partition coefficient (Wildman–Crippen LogP) is 1.45. The minimum absolute atomic E-state index is 0.282. The van der Waals surface area contributed by atoms with Crippen molar-refractivity contribution in [2.24, 2.45) is 0 Å². The average Bonchev–Trinajstić information content (AvgIpc) is 1.64. The molecule has 0 fully saturated rings. The minimum Gasteiger partial charge on any atom is -0.381 e. The molecule has 0 aromatic carbocycles. The van der Waals surface area contributed by atoms with E-state index in [0.29, 0.717) is 0 Å². The normalized spacial score (nSPS) is 12.0. The van der Waals surface area contributed by atoms with E-state index in [1.807, 2.05) is 0 Å². The van der Waals surface area contributed by atoms with Crippen molar-refractivity contribution in [1.82, 2.24) is 0 Å². The molecular formula is C5H10Cl2O2. The lowest BCUT2D eigenvalue weighted by Gasteiger charge is -2.16. The smallest absolute Gasteiger partial charge is 0.164 e.